The third-order valence-corrected chi connectivity index (χ3v) is 6.12. The number of fused-ring (bicyclic) bond motifs is 1. The topological polar surface area (TPSA) is 60.7 Å². The molecule has 0 aliphatic carbocycles. The van der Waals surface area contributed by atoms with Crippen molar-refractivity contribution in [3.63, 3.8) is 0 Å². The molecule has 0 saturated carbocycles. The van der Waals surface area contributed by atoms with E-state index in [-0.39, 0.29) is 23.3 Å². The van der Waals surface area contributed by atoms with Crippen LogP contribution < -0.4 is 14.9 Å². The molecule has 4 rings (SSSR count). The van der Waals surface area contributed by atoms with Crippen LogP contribution in [0.2, 0.25) is 5.02 Å². The molecule has 2 heterocycles. The van der Waals surface area contributed by atoms with Gasteiger partial charge in [0.05, 0.1) is 22.4 Å². The third-order valence-electron chi connectivity index (χ3n) is 4.88. The van der Waals surface area contributed by atoms with E-state index in [9.17, 15) is 14.0 Å². The van der Waals surface area contributed by atoms with Crippen molar-refractivity contribution in [1.29, 1.82) is 0 Å². The Morgan fingerprint density at radius 2 is 1.97 bits per heavy atom. The van der Waals surface area contributed by atoms with Gasteiger partial charge in [0.25, 0.3) is 5.56 Å². The van der Waals surface area contributed by atoms with E-state index in [4.69, 9.17) is 16.3 Å². The average Bonchev–Trinajstić information content (AvgIpc) is 3.04. The van der Waals surface area contributed by atoms with E-state index >= 15 is 0 Å². The van der Waals surface area contributed by atoms with E-state index < -0.39 is 17.8 Å². The number of ether oxygens (including phenoxy) is 1. The average molecular weight is 457 g/mol. The van der Waals surface area contributed by atoms with Crippen molar-refractivity contribution < 1.29 is 13.9 Å². The lowest BCUT2D eigenvalue weighted by Crippen LogP contribution is -2.40. The van der Waals surface area contributed by atoms with E-state index in [2.05, 4.69) is 4.99 Å². The number of carbonyl (C=O) groups is 1. The van der Waals surface area contributed by atoms with Crippen LogP contribution in [-0.2, 0) is 9.53 Å². The highest BCUT2D eigenvalue weighted by molar-refractivity contribution is 7.07. The second-order valence-electron chi connectivity index (χ2n) is 6.88. The molecule has 0 N–H and O–H groups in total. The van der Waals surface area contributed by atoms with Gasteiger partial charge in [-0.05, 0) is 43.7 Å². The normalized spacial score (nSPS) is 16.1. The summed E-state index contributed by atoms with van der Waals surface area (Å²) >= 11 is 7.12. The van der Waals surface area contributed by atoms with Crippen LogP contribution in [0.4, 0.5) is 4.39 Å². The van der Waals surface area contributed by atoms with E-state index in [0.717, 1.165) is 5.56 Å². The summed E-state index contributed by atoms with van der Waals surface area (Å²) < 4.78 is 21.8. The van der Waals surface area contributed by atoms with Gasteiger partial charge in [0.1, 0.15) is 11.9 Å². The fourth-order valence-electron chi connectivity index (χ4n) is 3.49. The van der Waals surface area contributed by atoms with Crippen LogP contribution in [0.5, 0.6) is 0 Å². The summed E-state index contributed by atoms with van der Waals surface area (Å²) in [5.74, 6) is -1.14. The quantitative estimate of drug-likeness (QED) is 0.564. The molecule has 3 aromatic rings. The Hall–Kier alpha value is -3.03. The summed E-state index contributed by atoms with van der Waals surface area (Å²) in [4.78, 5) is 31.0. The number of esters is 1. The van der Waals surface area contributed by atoms with Crippen LogP contribution in [0.25, 0.3) is 6.08 Å². The van der Waals surface area contributed by atoms with E-state index in [1.165, 1.54) is 22.0 Å². The molecule has 0 spiro atoms. The predicted molar refractivity (Wildman–Crippen MR) is 118 cm³/mol. The zero-order valence-electron chi connectivity index (χ0n) is 16.8. The van der Waals surface area contributed by atoms with Crippen LogP contribution in [0.15, 0.2) is 69.6 Å². The van der Waals surface area contributed by atoms with Crippen molar-refractivity contribution in [3.8, 4) is 0 Å². The summed E-state index contributed by atoms with van der Waals surface area (Å²) in [6.07, 6.45) is 1.72. The maximum absolute atomic E-state index is 14.8. The molecule has 2 aromatic carbocycles. The Morgan fingerprint density at radius 3 is 2.65 bits per heavy atom. The van der Waals surface area contributed by atoms with Crippen molar-refractivity contribution in [2.24, 2.45) is 4.99 Å². The fourth-order valence-corrected chi connectivity index (χ4v) is 4.67. The van der Waals surface area contributed by atoms with E-state index in [1.807, 2.05) is 0 Å². The lowest BCUT2D eigenvalue weighted by atomic mass is 9.95. The highest BCUT2D eigenvalue weighted by Gasteiger charge is 2.34. The van der Waals surface area contributed by atoms with Crippen LogP contribution in [0, 0.1) is 5.82 Å². The number of hydrogen-bond acceptors (Lipinski definition) is 5. The van der Waals surface area contributed by atoms with Crippen molar-refractivity contribution in [1.82, 2.24) is 4.57 Å². The molecule has 5 nitrogen and oxygen atoms in total. The smallest absolute Gasteiger partial charge is 0.338 e. The van der Waals surface area contributed by atoms with Gasteiger partial charge in [-0.1, -0.05) is 53.3 Å². The first-order valence-corrected chi connectivity index (χ1v) is 10.8. The number of hydrogen-bond donors (Lipinski definition) is 0. The molecule has 0 fully saturated rings. The van der Waals surface area contributed by atoms with Gasteiger partial charge in [-0.15, -0.1) is 0 Å². The number of benzene rings is 2. The summed E-state index contributed by atoms with van der Waals surface area (Å²) in [7, 11) is 0. The van der Waals surface area contributed by atoms with Gasteiger partial charge in [-0.3, -0.25) is 9.36 Å². The molecule has 8 heteroatoms. The van der Waals surface area contributed by atoms with Crippen molar-refractivity contribution >= 4 is 35.0 Å². The number of rotatable bonds is 4. The maximum atomic E-state index is 14.8. The first-order valence-electron chi connectivity index (χ1n) is 9.60. The van der Waals surface area contributed by atoms with Gasteiger partial charge in [0.15, 0.2) is 4.80 Å². The zero-order valence-corrected chi connectivity index (χ0v) is 18.3. The molecule has 0 amide bonds. The number of carbonyl (C=O) groups excluding carboxylic acids is 1. The van der Waals surface area contributed by atoms with Crippen molar-refractivity contribution in [3.05, 3.63) is 101 Å². The molecule has 0 radical (unpaired) electrons. The minimum absolute atomic E-state index is 0.150. The number of thiazole rings is 1. The van der Waals surface area contributed by atoms with Crippen molar-refractivity contribution in [2.45, 2.75) is 19.9 Å². The van der Waals surface area contributed by atoms with Crippen molar-refractivity contribution in [2.75, 3.05) is 6.61 Å². The molecule has 1 atom stereocenters. The van der Waals surface area contributed by atoms with Gasteiger partial charge in [0.2, 0.25) is 0 Å². The molecule has 0 bridgehead atoms. The van der Waals surface area contributed by atoms with Crippen LogP contribution in [0.1, 0.15) is 31.0 Å². The lowest BCUT2D eigenvalue weighted by molar-refractivity contribution is -0.139. The number of allylic oxidation sites excluding steroid dienone is 1. The Kier molecular flexibility index (Phi) is 5.89. The van der Waals surface area contributed by atoms with Gasteiger partial charge in [-0.2, -0.15) is 0 Å². The lowest BCUT2D eigenvalue weighted by Gasteiger charge is -2.24. The SMILES string of the molecule is CCOC(=O)C1=C(C)N=c2s/c(=C/c3ccc(Cl)cc3)c(=O)n2[C@H]1c1ccccc1F. The van der Waals surface area contributed by atoms with Gasteiger partial charge >= 0.3 is 5.97 Å². The molecular formula is C23H18ClFN2O3S. The molecule has 1 aliphatic heterocycles. The molecule has 1 aliphatic rings. The minimum atomic E-state index is -0.969. The Morgan fingerprint density at radius 1 is 1.26 bits per heavy atom. The van der Waals surface area contributed by atoms with E-state index in [1.54, 1.807) is 62.4 Å². The summed E-state index contributed by atoms with van der Waals surface area (Å²) in [6, 6.07) is 12.2. The Labute approximate surface area is 186 Å². The summed E-state index contributed by atoms with van der Waals surface area (Å²) in [5, 5.41) is 0.591. The predicted octanol–water partition coefficient (Wildman–Crippen LogP) is 3.59. The van der Waals surface area contributed by atoms with Gasteiger partial charge in [-0.25, -0.2) is 14.2 Å². The molecule has 158 valence electrons. The summed E-state index contributed by atoms with van der Waals surface area (Å²) in [5.41, 5.74) is 1.18. The van der Waals surface area contributed by atoms with Crippen LogP contribution in [0.3, 0.4) is 0 Å². The highest BCUT2D eigenvalue weighted by Crippen LogP contribution is 2.32. The first kappa shape index (κ1) is 21.2. The molecule has 31 heavy (non-hydrogen) atoms. The molecular weight excluding hydrogens is 439 g/mol. The number of nitrogens with zero attached hydrogens (tertiary/aromatic N) is 2. The first-order chi connectivity index (χ1) is 14.9. The second-order valence-corrected chi connectivity index (χ2v) is 8.32. The third kappa shape index (κ3) is 3.98. The number of aromatic nitrogens is 1. The van der Waals surface area contributed by atoms with Crippen LogP contribution in [-0.4, -0.2) is 17.1 Å². The number of halogens is 2. The monoisotopic (exact) mass is 456 g/mol. The second kappa shape index (κ2) is 8.61. The standard InChI is InChI=1S/C23H18ClFN2O3S/c1-3-30-22(29)19-13(2)26-23-27(20(19)16-6-4-5-7-17(16)25)21(28)18(31-23)12-14-8-10-15(24)11-9-14/h4-12,20H,3H2,1-2H3/b18-12+/t20-/m0/s1. The summed E-state index contributed by atoms with van der Waals surface area (Å²) in [6.45, 7) is 3.50. The molecule has 0 unspecified atom stereocenters. The zero-order chi connectivity index (χ0) is 22.1. The Balaban J connectivity index is 1.97. The Bertz CT molecular complexity index is 1370. The maximum Gasteiger partial charge on any atom is 0.338 e. The minimum Gasteiger partial charge on any atom is -0.463 e. The van der Waals surface area contributed by atoms with Crippen LogP contribution >= 0.6 is 22.9 Å². The largest absolute Gasteiger partial charge is 0.463 e. The molecule has 0 saturated heterocycles. The highest BCUT2D eigenvalue weighted by atomic mass is 35.5. The van der Waals surface area contributed by atoms with Gasteiger partial charge in [0, 0.05) is 10.6 Å². The van der Waals surface area contributed by atoms with E-state index in [0.29, 0.717) is 20.1 Å². The molecule has 1 aromatic heterocycles. The van der Waals surface area contributed by atoms with Gasteiger partial charge < -0.3 is 4.74 Å². The fraction of sp³-hybridized carbons (Fsp3) is 0.174.